The summed E-state index contributed by atoms with van der Waals surface area (Å²) in [5.41, 5.74) is 3.18. The molecule has 3 aromatic rings. The van der Waals surface area contributed by atoms with Crippen molar-refractivity contribution in [3.05, 3.63) is 82.7 Å². The van der Waals surface area contributed by atoms with Gasteiger partial charge in [0.05, 0.1) is 17.8 Å². The molecular formula is C28H31FN2O5. The summed E-state index contributed by atoms with van der Waals surface area (Å²) in [7, 11) is 2.00. The highest BCUT2D eigenvalue weighted by atomic mass is 19.1. The predicted molar refractivity (Wildman–Crippen MR) is 138 cm³/mol. The van der Waals surface area contributed by atoms with Gasteiger partial charge in [0.1, 0.15) is 30.5 Å². The Hall–Kier alpha value is -4.07. The maximum Gasteiger partial charge on any atom is 0.307 e. The average Bonchev–Trinajstić information content (AvgIpc) is 2.85. The Labute approximate surface area is 210 Å². The fraction of sp³-hybridized carbons (Fsp3) is 0.286. The van der Waals surface area contributed by atoms with E-state index in [2.05, 4.69) is 17.1 Å². The summed E-state index contributed by atoms with van der Waals surface area (Å²) < 4.78 is 26.0. The first-order chi connectivity index (χ1) is 17.2. The van der Waals surface area contributed by atoms with E-state index in [1.165, 1.54) is 12.1 Å². The third kappa shape index (κ3) is 6.53. The molecule has 36 heavy (non-hydrogen) atoms. The molecule has 1 amide bonds. The van der Waals surface area contributed by atoms with Gasteiger partial charge in [0.25, 0.3) is 5.91 Å². The molecule has 0 spiro atoms. The molecule has 0 atom stereocenters. The van der Waals surface area contributed by atoms with Crippen LogP contribution in [0.4, 0.5) is 15.8 Å². The number of carboxylic acid groups (broad SMARTS) is 1. The number of nitrogens with zero attached hydrogens (tertiary/aromatic N) is 1. The van der Waals surface area contributed by atoms with E-state index in [9.17, 15) is 14.0 Å². The topological polar surface area (TPSA) is 88.1 Å². The molecular weight excluding hydrogens is 463 g/mol. The number of ether oxygens (including phenoxy) is 2. The standard InChI is InChI=1S/C28H31FN2O5/c1-5-31(4)24-8-6-7-9-26(24)36-15-14-35-25-13-11-21(18(2)19(25)3)28(34)30-23-16-20(17-27(32)33)10-12-22(23)29/h6-13,16H,5,14-15,17H2,1-4H3,(H,30,34)(H,32,33). The molecule has 0 saturated carbocycles. The predicted octanol–water partition coefficient (Wildman–Crippen LogP) is 5.24. The zero-order valence-electron chi connectivity index (χ0n) is 20.9. The van der Waals surface area contributed by atoms with E-state index in [1.807, 2.05) is 38.2 Å². The average molecular weight is 495 g/mol. The number of halogens is 1. The van der Waals surface area contributed by atoms with Crippen molar-refractivity contribution >= 4 is 23.3 Å². The minimum Gasteiger partial charge on any atom is -0.490 e. The highest BCUT2D eigenvalue weighted by Gasteiger charge is 2.16. The van der Waals surface area contributed by atoms with Gasteiger partial charge in [0.15, 0.2) is 0 Å². The molecule has 0 aliphatic carbocycles. The third-order valence-electron chi connectivity index (χ3n) is 5.97. The zero-order chi connectivity index (χ0) is 26.2. The molecule has 0 radical (unpaired) electrons. The van der Waals surface area contributed by atoms with Crippen molar-refractivity contribution in [2.45, 2.75) is 27.2 Å². The number of carbonyl (C=O) groups is 2. The van der Waals surface area contributed by atoms with Crippen molar-refractivity contribution in [2.75, 3.05) is 37.0 Å². The first-order valence-corrected chi connectivity index (χ1v) is 11.7. The molecule has 0 aliphatic rings. The SMILES string of the molecule is CCN(C)c1ccccc1OCCOc1ccc(C(=O)Nc2cc(CC(=O)O)ccc2F)c(C)c1C. The quantitative estimate of drug-likeness (QED) is 0.355. The normalized spacial score (nSPS) is 10.6. The summed E-state index contributed by atoms with van der Waals surface area (Å²) in [6.45, 7) is 7.24. The molecule has 0 unspecified atom stereocenters. The number of carboxylic acids is 1. The highest BCUT2D eigenvalue weighted by molar-refractivity contribution is 6.05. The van der Waals surface area contributed by atoms with Gasteiger partial charge in [-0.1, -0.05) is 18.2 Å². The van der Waals surface area contributed by atoms with Gasteiger partial charge in [-0.2, -0.15) is 0 Å². The number of hydrogen-bond donors (Lipinski definition) is 2. The second-order valence-electron chi connectivity index (χ2n) is 8.38. The Kier molecular flexibility index (Phi) is 8.89. The van der Waals surface area contributed by atoms with Crippen molar-refractivity contribution in [3.63, 3.8) is 0 Å². The van der Waals surface area contributed by atoms with Crippen LogP contribution in [0.3, 0.4) is 0 Å². The van der Waals surface area contributed by atoms with Crippen molar-refractivity contribution < 1.29 is 28.6 Å². The molecule has 0 heterocycles. The van der Waals surface area contributed by atoms with E-state index < -0.39 is 17.7 Å². The van der Waals surface area contributed by atoms with Crippen LogP contribution in [0.5, 0.6) is 11.5 Å². The van der Waals surface area contributed by atoms with Crippen LogP contribution in [-0.2, 0) is 11.2 Å². The highest BCUT2D eigenvalue weighted by Crippen LogP contribution is 2.28. The number of aliphatic carboxylic acids is 1. The maximum atomic E-state index is 14.2. The number of para-hydroxylation sites is 2. The van der Waals surface area contributed by atoms with Gasteiger partial charge in [-0.3, -0.25) is 9.59 Å². The Bertz CT molecular complexity index is 1240. The lowest BCUT2D eigenvalue weighted by Gasteiger charge is -2.20. The lowest BCUT2D eigenvalue weighted by molar-refractivity contribution is -0.136. The molecule has 190 valence electrons. The number of rotatable bonds is 11. The summed E-state index contributed by atoms with van der Waals surface area (Å²) in [5.74, 6) is -0.762. The third-order valence-corrected chi connectivity index (χ3v) is 5.97. The molecule has 8 heteroatoms. The van der Waals surface area contributed by atoms with Crippen LogP contribution in [0.2, 0.25) is 0 Å². The van der Waals surface area contributed by atoms with Gasteiger partial charge in [0.2, 0.25) is 0 Å². The number of anilines is 2. The van der Waals surface area contributed by atoms with Gasteiger partial charge in [-0.05, 0) is 73.9 Å². The van der Waals surface area contributed by atoms with Crippen LogP contribution in [-0.4, -0.2) is 43.8 Å². The number of benzene rings is 3. The molecule has 0 fully saturated rings. The summed E-state index contributed by atoms with van der Waals surface area (Å²) in [4.78, 5) is 25.9. The van der Waals surface area contributed by atoms with E-state index in [-0.39, 0.29) is 12.1 Å². The Balaban J connectivity index is 1.64. The molecule has 0 aromatic heterocycles. The van der Waals surface area contributed by atoms with Crippen LogP contribution in [0.15, 0.2) is 54.6 Å². The van der Waals surface area contributed by atoms with Crippen LogP contribution >= 0.6 is 0 Å². The van der Waals surface area contributed by atoms with Crippen LogP contribution in [0.1, 0.15) is 34.0 Å². The first kappa shape index (κ1) is 26.5. The monoisotopic (exact) mass is 494 g/mol. The van der Waals surface area contributed by atoms with Crippen LogP contribution in [0, 0.1) is 19.7 Å². The molecule has 0 bridgehead atoms. The lowest BCUT2D eigenvalue weighted by atomic mass is 10.0. The number of amides is 1. The van der Waals surface area contributed by atoms with E-state index in [0.717, 1.165) is 29.6 Å². The molecule has 3 rings (SSSR count). The van der Waals surface area contributed by atoms with Gasteiger partial charge >= 0.3 is 5.97 Å². The number of hydrogen-bond acceptors (Lipinski definition) is 5. The number of carbonyl (C=O) groups excluding carboxylic acids is 1. The fourth-order valence-corrected chi connectivity index (χ4v) is 3.71. The van der Waals surface area contributed by atoms with E-state index in [0.29, 0.717) is 35.7 Å². The molecule has 3 aromatic carbocycles. The summed E-state index contributed by atoms with van der Waals surface area (Å²) in [6.07, 6.45) is -0.266. The second-order valence-corrected chi connectivity index (χ2v) is 8.38. The molecule has 0 aliphatic heterocycles. The lowest BCUT2D eigenvalue weighted by Crippen LogP contribution is -2.18. The van der Waals surface area contributed by atoms with Crippen molar-refractivity contribution in [1.29, 1.82) is 0 Å². The zero-order valence-corrected chi connectivity index (χ0v) is 20.9. The van der Waals surface area contributed by atoms with Crippen LogP contribution < -0.4 is 19.7 Å². The minimum atomic E-state index is -1.04. The smallest absolute Gasteiger partial charge is 0.307 e. The van der Waals surface area contributed by atoms with E-state index >= 15 is 0 Å². The van der Waals surface area contributed by atoms with Gasteiger partial charge in [-0.15, -0.1) is 0 Å². The van der Waals surface area contributed by atoms with E-state index in [4.69, 9.17) is 14.6 Å². The van der Waals surface area contributed by atoms with Crippen LogP contribution in [0.25, 0.3) is 0 Å². The Morgan fingerprint density at radius 2 is 1.67 bits per heavy atom. The molecule has 0 saturated heterocycles. The molecule has 7 nitrogen and oxygen atoms in total. The Morgan fingerprint density at radius 1 is 0.972 bits per heavy atom. The maximum absolute atomic E-state index is 14.2. The van der Waals surface area contributed by atoms with Gasteiger partial charge in [0, 0.05) is 19.2 Å². The summed E-state index contributed by atoms with van der Waals surface area (Å²) in [6, 6.07) is 15.0. The second kappa shape index (κ2) is 12.1. The summed E-state index contributed by atoms with van der Waals surface area (Å²) in [5, 5.41) is 11.5. The van der Waals surface area contributed by atoms with Crippen molar-refractivity contribution in [2.24, 2.45) is 0 Å². The van der Waals surface area contributed by atoms with Gasteiger partial charge in [-0.25, -0.2) is 4.39 Å². The minimum absolute atomic E-state index is 0.0673. The molecule has 2 N–H and O–H groups in total. The van der Waals surface area contributed by atoms with Crippen molar-refractivity contribution in [3.8, 4) is 11.5 Å². The van der Waals surface area contributed by atoms with E-state index in [1.54, 1.807) is 19.1 Å². The Morgan fingerprint density at radius 3 is 2.36 bits per heavy atom. The number of nitrogens with one attached hydrogen (secondary N) is 1. The largest absolute Gasteiger partial charge is 0.490 e. The summed E-state index contributed by atoms with van der Waals surface area (Å²) >= 11 is 0. The van der Waals surface area contributed by atoms with Crippen molar-refractivity contribution in [1.82, 2.24) is 0 Å². The van der Waals surface area contributed by atoms with Gasteiger partial charge < -0.3 is 24.8 Å². The fourth-order valence-electron chi connectivity index (χ4n) is 3.71. The first-order valence-electron chi connectivity index (χ1n) is 11.7.